The van der Waals surface area contributed by atoms with E-state index in [0.29, 0.717) is 39.4 Å². The van der Waals surface area contributed by atoms with Crippen LogP contribution in [0.25, 0.3) is 0 Å². The molecule has 0 bridgehead atoms. The summed E-state index contributed by atoms with van der Waals surface area (Å²) in [6.07, 6.45) is 1.43. The first kappa shape index (κ1) is 20.0. The van der Waals surface area contributed by atoms with E-state index >= 15 is 0 Å². The third kappa shape index (κ3) is 4.95. The highest BCUT2D eigenvalue weighted by Gasteiger charge is 2.27. The predicted molar refractivity (Wildman–Crippen MR) is 101 cm³/mol. The molecule has 0 atom stereocenters. The molecule has 1 amide bonds. The van der Waals surface area contributed by atoms with Crippen molar-refractivity contribution in [2.45, 2.75) is 11.8 Å². The molecule has 0 radical (unpaired) electrons. The molecule has 27 heavy (non-hydrogen) atoms. The fourth-order valence-corrected chi connectivity index (χ4v) is 4.59. The van der Waals surface area contributed by atoms with Crippen LogP contribution < -0.4 is 10.2 Å². The molecule has 0 saturated carbocycles. The van der Waals surface area contributed by atoms with Gasteiger partial charge in [-0.3, -0.25) is 9.69 Å². The highest BCUT2D eigenvalue weighted by Crippen LogP contribution is 2.20. The smallest absolute Gasteiger partial charge is 0.244 e. The summed E-state index contributed by atoms with van der Waals surface area (Å²) in [4.78, 5) is 20.5. The van der Waals surface area contributed by atoms with Crippen molar-refractivity contribution in [3.8, 4) is 0 Å². The van der Waals surface area contributed by atoms with E-state index in [1.54, 1.807) is 12.1 Å². The van der Waals surface area contributed by atoms with E-state index in [4.69, 9.17) is 4.74 Å². The fourth-order valence-electron chi connectivity index (χ4n) is 3.24. The normalized spacial score (nSPS) is 19.8. The quantitative estimate of drug-likeness (QED) is 0.682. The van der Waals surface area contributed by atoms with Crippen molar-refractivity contribution >= 4 is 21.7 Å². The number of morpholine rings is 1. The zero-order chi connectivity index (χ0) is 19.3. The number of likely N-dealkylation sites (N-methyl/N-ethyl adjacent to an activating group) is 1. The zero-order valence-electron chi connectivity index (χ0n) is 15.6. The lowest BCUT2D eigenvalue weighted by Gasteiger charge is -2.35. The summed E-state index contributed by atoms with van der Waals surface area (Å²) in [5.74, 6) is 0.801. The predicted octanol–water partition coefficient (Wildman–Crippen LogP) is -0.639. The summed E-state index contributed by atoms with van der Waals surface area (Å²) in [6.45, 7) is 7.59. The van der Waals surface area contributed by atoms with Crippen molar-refractivity contribution in [2.75, 3.05) is 70.5 Å². The number of nitrogens with one attached hydrogen (secondary N) is 1. The van der Waals surface area contributed by atoms with Crippen molar-refractivity contribution in [2.24, 2.45) is 0 Å². The maximum Gasteiger partial charge on any atom is 0.244 e. The molecule has 150 valence electrons. The Hall–Kier alpha value is -1.75. The number of hydrogen-bond donors (Lipinski definition) is 1. The number of pyridine rings is 1. The molecular formula is C17H27N5O4S. The third-order valence-corrected chi connectivity index (χ3v) is 6.65. The van der Waals surface area contributed by atoms with Gasteiger partial charge in [0.15, 0.2) is 0 Å². The molecule has 1 aromatic heterocycles. The van der Waals surface area contributed by atoms with Crippen LogP contribution in [0.1, 0.15) is 6.92 Å². The molecule has 3 rings (SSSR count). The molecule has 0 aromatic carbocycles. The maximum atomic E-state index is 12.6. The van der Waals surface area contributed by atoms with E-state index in [2.05, 4.69) is 20.1 Å². The Labute approximate surface area is 160 Å². The van der Waals surface area contributed by atoms with Crippen LogP contribution in [0.4, 0.5) is 5.82 Å². The van der Waals surface area contributed by atoms with Crippen molar-refractivity contribution in [3.05, 3.63) is 18.3 Å². The summed E-state index contributed by atoms with van der Waals surface area (Å²) in [5.41, 5.74) is 0. The summed E-state index contributed by atoms with van der Waals surface area (Å²) in [7, 11) is -3.52. The molecule has 0 unspecified atom stereocenters. The SMILES string of the molecule is CCNC(=O)CN1CCN(c2ccc(S(=O)(=O)N3CCOCC3)cn2)CC1. The van der Waals surface area contributed by atoms with Crippen LogP contribution in [0.5, 0.6) is 0 Å². The number of hydrogen-bond acceptors (Lipinski definition) is 7. The molecule has 3 heterocycles. The lowest BCUT2D eigenvalue weighted by molar-refractivity contribution is -0.122. The van der Waals surface area contributed by atoms with Gasteiger partial charge in [-0.1, -0.05) is 0 Å². The van der Waals surface area contributed by atoms with Crippen LogP contribution in [0, 0.1) is 0 Å². The van der Waals surface area contributed by atoms with Gasteiger partial charge in [0.25, 0.3) is 0 Å². The summed E-state index contributed by atoms with van der Waals surface area (Å²) in [6, 6.07) is 3.38. The van der Waals surface area contributed by atoms with Gasteiger partial charge in [-0.25, -0.2) is 13.4 Å². The molecule has 10 heteroatoms. The largest absolute Gasteiger partial charge is 0.379 e. The topological polar surface area (TPSA) is 95.1 Å². The van der Waals surface area contributed by atoms with Crippen molar-refractivity contribution in [1.29, 1.82) is 0 Å². The minimum atomic E-state index is -3.52. The van der Waals surface area contributed by atoms with Crippen LogP contribution in [-0.4, -0.2) is 94.1 Å². The van der Waals surface area contributed by atoms with E-state index in [1.807, 2.05) is 6.92 Å². The van der Waals surface area contributed by atoms with Crippen LogP contribution in [-0.2, 0) is 19.6 Å². The minimum Gasteiger partial charge on any atom is -0.379 e. The number of sulfonamides is 1. The first-order valence-electron chi connectivity index (χ1n) is 9.28. The van der Waals surface area contributed by atoms with E-state index in [0.717, 1.165) is 32.0 Å². The Morgan fingerprint density at radius 2 is 1.85 bits per heavy atom. The lowest BCUT2D eigenvalue weighted by atomic mass is 10.3. The molecule has 0 aliphatic carbocycles. The highest BCUT2D eigenvalue weighted by atomic mass is 32.2. The second-order valence-corrected chi connectivity index (χ2v) is 8.52. The first-order valence-corrected chi connectivity index (χ1v) is 10.7. The molecule has 2 aliphatic rings. The Kier molecular flexibility index (Phi) is 6.64. The Morgan fingerprint density at radius 1 is 1.15 bits per heavy atom. The fraction of sp³-hybridized carbons (Fsp3) is 0.647. The Bertz CT molecular complexity index is 726. The van der Waals surface area contributed by atoms with Gasteiger partial charge < -0.3 is 15.0 Å². The number of carbonyl (C=O) groups excluding carboxylic acids is 1. The van der Waals surface area contributed by atoms with Gasteiger partial charge in [0.1, 0.15) is 10.7 Å². The number of ether oxygens (including phenoxy) is 1. The standard InChI is InChI=1S/C17H27N5O4S/c1-2-18-17(23)14-20-5-7-21(8-6-20)16-4-3-15(13-19-16)27(24,25)22-9-11-26-12-10-22/h3-4,13H,2,5-12,14H2,1H3,(H,18,23). The highest BCUT2D eigenvalue weighted by molar-refractivity contribution is 7.89. The monoisotopic (exact) mass is 397 g/mol. The van der Waals surface area contributed by atoms with E-state index in [1.165, 1.54) is 10.5 Å². The second-order valence-electron chi connectivity index (χ2n) is 6.59. The number of piperazine rings is 1. The number of carbonyl (C=O) groups is 1. The first-order chi connectivity index (χ1) is 13.0. The molecular weight excluding hydrogens is 370 g/mol. The van der Waals surface area contributed by atoms with Crippen molar-refractivity contribution in [3.63, 3.8) is 0 Å². The number of rotatable bonds is 6. The molecule has 0 spiro atoms. The van der Waals surface area contributed by atoms with E-state index in [-0.39, 0.29) is 10.8 Å². The van der Waals surface area contributed by atoms with Gasteiger partial charge in [0.05, 0.1) is 19.8 Å². The van der Waals surface area contributed by atoms with Crippen molar-refractivity contribution < 1.29 is 17.9 Å². The molecule has 1 N–H and O–H groups in total. The van der Waals surface area contributed by atoms with Gasteiger partial charge in [-0.2, -0.15) is 4.31 Å². The molecule has 1 aromatic rings. The molecule has 2 aliphatic heterocycles. The van der Waals surface area contributed by atoms with Gasteiger partial charge in [-0.05, 0) is 19.1 Å². The van der Waals surface area contributed by atoms with Gasteiger partial charge in [0, 0.05) is 52.0 Å². The molecule has 2 fully saturated rings. The van der Waals surface area contributed by atoms with Crippen LogP contribution in [0.15, 0.2) is 23.2 Å². The molecule has 9 nitrogen and oxygen atoms in total. The van der Waals surface area contributed by atoms with Crippen LogP contribution in [0.3, 0.4) is 0 Å². The second kappa shape index (κ2) is 8.96. The number of nitrogens with zero attached hydrogens (tertiary/aromatic N) is 4. The van der Waals surface area contributed by atoms with E-state index < -0.39 is 10.0 Å². The van der Waals surface area contributed by atoms with Gasteiger partial charge >= 0.3 is 0 Å². The number of aromatic nitrogens is 1. The number of anilines is 1. The van der Waals surface area contributed by atoms with E-state index in [9.17, 15) is 13.2 Å². The average Bonchev–Trinajstić information content (AvgIpc) is 2.69. The Morgan fingerprint density at radius 3 is 2.44 bits per heavy atom. The van der Waals surface area contributed by atoms with Crippen molar-refractivity contribution in [1.82, 2.24) is 19.5 Å². The maximum absolute atomic E-state index is 12.6. The summed E-state index contributed by atoms with van der Waals surface area (Å²) in [5, 5.41) is 2.81. The number of amides is 1. The Balaban J connectivity index is 1.57. The van der Waals surface area contributed by atoms with Crippen LogP contribution in [0.2, 0.25) is 0 Å². The third-order valence-electron chi connectivity index (χ3n) is 4.77. The van der Waals surface area contributed by atoms with Gasteiger partial charge in [0.2, 0.25) is 15.9 Å². The minimum absolute atomic E-state index is 0.0433. The zero-order valence-corrected chi connectivity index (χ0v) is 16.4. The summed E-state index contributed by atoms with van der Waals surface area (Å²) < 4.78 is 31.9. The average molecular weight is 398 g/mol. The molecule has 2 saturated heterocycles. The van der Waals surface area contributed by atoms with Gasteiger partial charge in [-0.15, -0.1) is 0 Å². The summed E-state index contributed by atoms with van der Waals surface area (Å²) >= 11 is 0. The van der Waals surface area contributed by atoms with Crippen LogP contribution >= 0.6 is 0 Å². The lowest BCUT2D eigenvalue weighted by Crippen LogP contribution is -2.49.